The van der Waals surface area contributed by atoms with E-state index in [0.29, 0.717) is 17.4 Å². The van der Waals surface area contributed by atoms with Gasteiger partial charge in [0.25, 0.3) is 0 Å². The van der Waals surface area contributed by atoms with Gasteiger partial charge in [0.2, 0.25) is 0 Å². The average molecular weight is 353 g/mol. The van der Waals surface area contributed by atoms with Crippen molar-refractivity contribution in [3.8, 4) is 5.75 Å². The molecule has 1 unspecified atom stereocenters. The molecule has 0 spiro atoms. The maximum atomic E-state index is 12.9. The van der Waals surface area contributed by atoms with E-state index in [1.165, 1.54) is 19.3 Å². The zero-order chi connectivity index (χ0) is 18.4. The maximum Gasteiger partial charge on any atom is 0.343 e. The maximum absolute atomic E-state index is 12.9. The Bertz CT molecular complexity index is 710. The third-order valence-electron chi connectivity index (χ3n) is 5.15. The van der Waals surface area contributed by atoms with E-state index in [0.717, 1.165) is 18.4 Å². The highest BCUT2D eigenvalue weighted by Crippen LogP contribution is 2.31. The fraction of sp³-hybridized carbons (Fsp3) is 0.409. The molecule has 2 aromatic carbocycles. The van der Waals surface area contributed by atoms with Crippen LogP contribution >= 0.6 is 0 Å². The fourth-order valence-electron chi connectivity index (χ4n) is 3.66. The number of hydrogen-bond acceptors (Lipinski definition) is 4. The number of rotatable bonds is 6. The molecule has 3 rings (SSSR count). The molecule has 0 aromatic heterocycles. The first-order chi connectivity index (χ1) is 12.7. The van der Waals surface area contributed by atoms with Gasteiger partial charge in [0.05, 0.1) is 7.11 Å². The van der Waals surface area contributed by atoms with Gasteiger partial charge in [-0.2, -0.15) is 0 Å². The Morgan fingerprint density at radius 2 is 1.65 bits per heavy atom. The van der Waals surface area contributed by atoms with Gasteiger partial charge in [-0.05, 0) is 32.0 Å². The second kappa shape index (κ2) is 8.86. The number of hydrogen-bond donors (Lipinski definition) is 0. The first kappa shape index (κ1) is 18.5. The number of esters is 1. The predicted molar refractivity (Wildman–Crippen MR) is 102 cm³/mol. The smallest absolute Gasteiger partial charge is 0.343 e. The molecule has 1 fully saturated rings. The van der Waals surface area contributed by atoms with E-state index < -0.39 is 6.23 Å². The lowest BCUT2D eigenvalue weighted by atomic mass is 9.94. The summed E-state index contributed by atoms with van der Waals surface area (Å²) < 4.78 is 11.3. The summed E-state index contributed by atoms with van der Waals surface area (Å²) in [6, 6.07) is 17.6. The first-order valence-corrected chi connectivity index (χ1v) is 9.31. The van der Waals surface area contributed by atoms with Crippen LogP contribution in [0.1, 0.15) is 54.3 Å². The lowest BCUT2D eigenvalue weighted by molar-refractivity contribution is -0.0464. The van der Waals surface area contributed by atoms with E-state index in [-0.39, 0.29) is 5.97 Å². The molecule has 0 N–H and O–H groups in total. The van der Waals surface area contributed by atoms with Gasteiger partial charge in [-0.1, -0.05) is 61.7 Å². The molecule has 2 aromatic rings. The summed E-state index contributed by atoms with van der Waals surface area (Å²) in [6.07, 6.45) is 5.64. The summed E-state index contributed by atoms with van der Waals surface area (Å²) in [5, 5.41) is 0. The number of nitrogens with zero attached hydrogens (tertiary/aromatic N) is 1. The van der Waals surface area contributed by atoms with Crippen molar-refractivity contribution in [2.75, 3.05) is 14.2 Å². The number of benzene rings is 2. The van der Waals surface area contributed by atoms with Crippen LogP contribution in [0.2, 0.25) is 0 Å². The Morgan fingerprint density at radius 3 is 2.35 bits per heavy atom. The molecular weight excluding hydrogens is 326 g/mol. The second-order valence-corrected chi connectivity index (χ2v) is 6.83. The summed E-state index contributed by atoms with van der Waals surface area (Å²) in [7, 11) is 3.62. The minimum absolute atomic E-state index is 0.362. The Labute approximate surface area is 155 Å². The Hall–Kier alpha value is -2.33. The lowest BCUT2D eigenvalue weighted by Crippen LogP contribution is -2.38. The summed E-state index contributed by atoms with van der Waals surface area (Å²) in [6.45, 7) is 0. The van der Waals surface area contributed by atoms with Gasteiger partial charge in [0.1, 0.15) is 11.3 Å². The van der Waals surface area contributed by atoms with Crippen molar-refractivity contribution >= 4 is 5.97 Å². The van der Waals surface area contributed by atoms with Gasteiger partial charge in [-0.15, -0.1) is 0 Å². The van der Waals surface area contributed by atoms with Gasteiger partial charge >= 0.3 is 5.97 Å². The molecule has 0 bridgehead atoms. The first-order valence-electron chi connectivity index (χ1n) is 9.31. The summed E-state index contributed by atoms with van der Waals surface area (Å²) in [4.78, 5) is 15.1. The fourth-order valence-corrected chi connectivity index (χ4v) is 3.66. The molecule has 0 heterocycles. The molecule has 1 atom stereocenters. The summed E-state index contributed by atoms with van der Waals surface area (Å²) in [5.41, 5.74) is 1.44. The quantitative estimate of drug-likeness (QED) is 0.551. The van der Waals surface area contributed by atoms with Crippen LogP contribution < -0.4 is 4.74 Å². The van der Waals surface area contributed by atoms with E-state index >= 15 is 0 Å². The van der Waals surface area contributed by atoms with E-state index in [4.69, 9.17) is 9.47 Å². The monoisotopic (exact) mass is 353 g/mol. The van der Waals surface area contributed by atoms with E-state index in [1.807, 2.05) is 42.5 Å². The molecule has 4 nitrogen and oxygen atoms in total. The highest BCUT2D eigenvalue weighted by atomic mass is 16.6. The minimum Gasteiger partial charge on any atom is -0.496 e. The molecule has 0 amide bonds. The lowest BCUT2D eigenvalue weighted by Gasteiger charge is -2.36. The highest BCUT2D eigenvalue weighted by Gasteiger charge is 2.29. The van der Waals surface area contributed by atoms with Crippen molar-refractivity contribution in [1.82, 2.24) is 4.90 Å². The van der Waals surface area contributed by atoms with Crippen LogP contribution in [0.25, 0.3) is 0 Å². The largest absolute Gasteiger partial charge is 0.496 e. The molecule has 0 aliphatic heterocycles. The number of carbonyl (C=O) groups is 1. The number of ether oxygens (including phenoxy) is 2. The van der Waals surface area contributed by atoms with Crippen LogP contribution in [0.3, 0.4) is 0 Å². The Morgan fingerprint density at radius 1 is 1.00 bits per heavy atom. The van der Waals surface area contributed by atoms with Gasteiger partial charge in [0, 0.05) is 11.6 Å². The molecule has 0 saturated heterocycles. The van der Waals surface area contributed by atoms with Crippen molar-refractivity contribution in [2.45, 2.75) is 44.4 Å². The van der Waals surface area contributed by atoms with Gasteiger partial charge < -0.3 is 9.47 Å². The average Bonchev–Trinajstić information content (AvgIpc) is 2.72. The van der Waals surface area contributed by atoms with Crippen molar-refractivity contribution < 1.29 is 14.3 Å². The van der Waals surface area contributed by atoms with Crippen LogP contribution in [0.15, 0.2) is 54.6 Å². The third kappa shape index (κ3) is 4.25. The molecule has 0 radical (unpaired) electrons. The van der Waals surface area contributed by atoms with Crippen molar-refractivity contribution in [3.05, 3.63) is 65.7 Å². The van der Waals surface area contributed by atoms with Crippen molar-refractivity contribution in [3.63, 3.8) is 0 Å². The van der Waals surface area contributed by atoms with Gasteiger partial charge in [0.15, 0.2) is 6.23 Å². The SMILES string of the molecule is COc1ccccc1C(=O)OC(c1ccccc1)N(C)C1CCCCC1. The molecule has 1 saturated carbocycles. The Kier molecular flexibility index (Phi) is 6.29. The molecule has 1 aliphatic rings. The molecule has 138 valence electrons. The molecule has 1 aliphatic carbocycles. The zero-order valence-electron chi connectivity index (χ0n) is 15.6. The van der Waals surface area contributed by atoms with Crippen LogP contribution in [-0.4, -0.2) is 31.1 Å². The second-order valence-electron chi connectivity index (χ2n) is 6.83. The normalized spacial score (nSPS) is 16.3. The van der Waals surface area contributed by atoms with Gasteiger partial charge in [-0.3, -0.25) is 4.90 Å². The molecular formula is C22H27NO3. The van der Waals surface area contributed by atoms with E-state index in [9.17, 15) is 4.79 Å². The number of methoxy groups -OCH3 is 1. The number of para-hydroxylation sites is 1. The van der Waals surface area contributed by atoms with Crippen molar-refractivity contribution in [1.29, 1.82) is 0 Å². The topological polar surface area (TPSA) is 38.8 Å². The van der Waals surface area contributed by atoms with E-state index in [1.54, 1.807) is 19.2 Å². The third-order valence-corrected chi connectivity index (χ3v) is 5.15. The minimum atomic E-state index is -0.406. The zero-order valence-corrected chi connectivity index (χ0v) is 15.6. The summed E-state index contributed by atoms with van der Waals surface area (Å²) >= 11 is 0. The standard InChI is InChI=1S/C22H27NO3/c1-23(18-13-7-4-8-14-18)21(17-11-5-3-6-12-17)26-22(24)19-15-9-10-16-20(19)25-2/h3,5-6,9-12,15-16,18,21H,4,7-8,13-14H2,1-2H3. The summed E-state index contributed by atoms with van der Waals surface area (Å²) in [5.74, 6) is 0.170. The van der Waals surface area contributed by atoms with Gasteiger partial charge in [-0.25, -0.2) is 4.79 Å². The molecule has 4 heteroatoms. The van der Waals surface area contributed by atoms with E-state index in [2.05, 4.69) is 11.9 Å². The van der Waals surface area contributed by atoms with Crippen LogP contribution in [0, 0.1) is 0 Å². The number of carbonyl (C=O) groups excluding carboxylic acids is 1. The highest BCUT2D eigenvalue weighted by molar-refractivity contribution is 5.92. The van der Waals surface area contributed by atoms with Crippen molar-refractivity contribution in [2.24, 2.45) is 0 Å². The molecule has 26 heavy (non-hydrogen) atoms. The Balaban J connectivity index is 1.84. The van der Waals surface area contributed by atoms with Crippen LogP contribution in [0.4, 0.5) is 0 Å². The van der Waals surface area contributed by atoms with Crippen LogP contribution in [-0.2, 0) is 4.74 Å². The van der Waals surface area contributed by atoms with Crippen LogP contribution in [0.5, 0.6) is 5.75 Å². The predicted octanol–water partition coefficient (Wildman–Crippen LogP) is 4.82.